The molecule has 0 spiro atoms. The first-order valence-corrected chi connectivity index (χ1v) is 8.27. The van der Waals surface area contributed by atoms with Crippen molar-refractivity contribution in [1.29, 1.82) is 0 Å². The van der Waals surface area contributed by atoms with Crippen molar-refractivity contribution in [2.75, 3.05) is 17.2 Å². The van der Waals surface area contributed by atoms with Crippen LogP contribution in [0.3, 0.4) is 0 Å². The summed E-state index contributed by atoms with van der Waals surface area (Å²) in [5.41, 5.74) is 3.09. The second-order valence-corrected chi connectivity index (χ2v) is 5.80. The predicted molar refractivity (Wildman–Crippen MR) is 101 cm³/mol. The molecular weight excluding hydrogens is 328 g/mol. The first-order valence-electron chi connectivity index (χ1n) is 8.27. The van der Waals surface area contributed by atoms with Crippen LogP contribution in [-0.4, -0.2) is 22.5 Å². The van der Waals surface area contributed by atoms with E-state index in [9.17, 15) is 4.79 Å². The fourth-order valence-corrected chi connectivity index (χ4v) is 2.24. The highest BCUT2D eigenvalue weighted by molar-refractivity contribution is 5.91. The largest absolute Gasteiger partial charge is 0.484 e. The minimum absolute atomic E-state index is 0.0637. The molecule has 0 atom stereocenters. The molecule has 0 unspecified atom stereocenters. The molecule has 0 aliphatic rings. The molecule has 0 saturated carbocycles. The molecule has 2 aromatic heterocycles. The number of carbonyl (C=O) groups is 1. The maximum Gasteiger partial charge on any atom is 0.263 e. The van der Waals surface area contributed by atoms with Gasteiger partial charge >= 0.3 is 0 Å². The van der Waals surface area contributed by atoms with Gasteiger partial charge in [0.1, 0.15) is 11.6 Å². The predicted octanol–water partition coefficient (Wildman–Crippen LogP) is 3.41. The third kappa shape index (κ3) is 5.31. The number of pyridine rings is 2. The van der Waals surface area contributed by atoms with E-state index < -0.39 is 0 Å². The fourth-order valence-electron chi connectivity index (χ4n) is 2.24. The molecule has 0 saturated heterocycles. The molecule has 2 N–H and O–H groups in total. The first kappa shape index (κ1) is 17.4. The van der Waals surface area contributed by atoms with Crippen LogP contribution < -0.4 is 15.4 Å². The lowest BCUT2D eigenvalue weighted by molar-refractivity contribution is -0.118. The van der Waals surface area contributed by atoms with E-state index in [-0.39, 0.29) is 12.5 Å². The third-order valence-electron chi connectivity index (χ3n) is 3.64. The van der Waals surface area contributed by atoms with Crippen LogP contribution in [0.2, 0.25) is 0 Å². The first-order chi connectivity index (χ1) is 12.7. The average Bonchev–Trinajstić information content (AvgIpc) is 2.68. The highest BCUT2D eigenvalue weighted by atomic mass is 16.5. The van der Waals surface area contributed by atoms with Crippen molar-refractivity contribution in [3.63, 3.8) is 0 Å². The molecule has 3 rings (SSSR count). The van der Waals surface area contributed by atoms with Gasteiger partial charge in [-0.15, -0.1) is 0 Å². The van der Waals surface area contributed by atoms with Gasteiger partial charge in [-0.05, 0) is 42.8 Å². The maximum absolute atomic E-state index is 11.9. The molecular formula is C20H20N4O2. The van der Waals surface area contributed by atoms with Crippen LogP contribution in [0.1, 0.15) is 11.1 Å². The average molecular weight is 348 g/mol. The highest BCUT2D eigenvalue weighted by Gasteiger charge is 2.05. The van der Waals surface area contributed by atoms with Crippen molar-refractivity contribution in [3.8, 4) is 5.75 Å². The number of aromatic nitrogens is 2. The Kier molecular flexibility index (Phi) is 5.77. The van der Waals surface area contributed by atoms with Gasteiger partial charge in [0.05, 0.1) is 11.9 Å². The molecule has 6 nitrogen and oxygen atoms in total. The lowest BCUT2D eigenvalue weighted by Crippen LogP contribution is -2.20. The Bertz CT molecular complexity index is 834. The SMILES string of the molecule is Cc1ccc(OCC(=O)Nc2ccc(NCc3cccnc3)cn2)cc1. The second-order valence-electron chi connectivity index (χ2n) is 5.80. The highest BCUT2D eigenvalue weighted by Crippen LogP contribution is 2.13. The lowest BCUT2D eigenvalue weighted by Gasteiger charge is -2.09. The lowest BCUT2D eigenvalue weighted by atomic mass is 10.2. The normalized spacial score (nSPS) is 10.2. The summed E-state index contributed by atoms with van der Waals surface area (Å²) in [6.07, 6.45) is 5.22. The quantitative estimate of drug-likeness (QED) is 0.684. The van der Waals surface area contributed by atoms with E-state index in [4.69, 9.17) is 4.74 Å². The Hall–Kier alpha value is -3.41. The Morgan fingerprint density at radius 1 is 1.08 bits per heavy atom. The molecule has 0 aliphatic carbocycles. The zero-order chi connectivity index (χ0) is 18.2. The van der Waals surface area contributed by atoms with E-state index in [1.165, 1.54) is 0 Å². The van der Waals surface area contributed by atoms with E-state index >= 15 is 0 Å². The number of carbonyl (C=O) groups excluding carboxylic acids is 1. The minimum atomic E-state index is -0.255. The van der Waals surface area contributed by atoms with Crippen molar-refractivity contribution in [2.24, 2.45) is 0 Å². The van der Waals surface area contributed by atoms with E-state index in [1.54, 1.807) is 18.5 Å². The van der Waals surface area contributed by atoms with Crippen LogP contribution in [0.5, 0.6) is 5.75 Å². The molecule has 0 aliphatic heterocycles. The number of hydrogen-bond donors (Lipinski definition) is 2. The molecule has 1 aromatic carbocycles. The second kappa shape index (κ2) is 8.62. The van der Waals surface area contributed by atoms with Crippen molar-refractivity contribution >= 4 is 17.4 Å². The zero-order valence-corrected chi connectivity index (χ0v) is 14.5. The molecule has 132 valence electrons. The molecule has 0 radical (unpaired) electrons. The molecule has 6 heteroatoms. The number of amides is 1. The van der Waals surface area contributed by atoms with Crippen LogP contribution in [0.25, 0.3) is 0 Å². The molecule has 3 aromatic rings. The van der Waals surface area contributed by atoms with E-state index in [0.29, 0.717) is 18.1 Å². The summed E-state index contributed by atoms with van der Waals surface area (Å²) in [6, 6.07) is 15.0. The molecule has 1 amide bonds. The number of nitrogens with one attached hydrogen (secondary N) is 2. The van der Waals surface area contributed by atoms with Gasteiger partial charge in [-0.2, -0.15) is 0 Å². The number of benzene rings is 1. The number of nitrogens with zero attached hydrogens (tertiary/aromatic N) is 2. The number of hydrogen-bond acceptors (Lipinski definition) is 5. The Morgan fingerprint density at radius 3 is 2.62 bits per heavy atom. The Morgan fingerprint density at radius 2 is 1.92 bits per heavy atom. The number of rotatable bonds is 7. The van der Waals surface area contributed by atoms with Crippen LogP contribution >= 0.6 is 0 Å². The third-order valence-corrected chi connectivity index (χ3v) is 3.64. The van der Waals surface area contributed by atoms with Gasteiger partial charge in [0.15, 0.2) is 6.61 Å². The smallest absolute Gasteiger partial charge is 0.263 e. The van der Waals surface area contributed by atoms with Gasteiger partial charge in [0.2, 0.25) is 0 Å². The molecule has 0 fully saturated rings. The van der Waals surface area contributed by atoms with E-state index in [2.05, 4.69) is 20.6 Å². The van der Waals surface area contributed by atoms with Gasteiger partial charge in [-0.3, -0.25) is 9.78 Å². The Balaban J connectivity index is 1.45. The number of ether oxygens (including phenoxy) is 1. The van der Waals surface area contributed by atoms with Gasteiger partial charge in [-0.25, -0.2) is 4.98 Å². The maximum atomic E-state index is 11.9. The monoisotopic (exact) mass is 348 g/mol. The van der Waals surface area contributed by atoms with Crippen molar-refractivity contribution < 1.29 is 9.53 Å². The van der Waals surface area contributed by atoms with Gasteiger partial charge in [0.25, 0.3) is 5.91 Å². The standard InChI is InChI=1S/C20H20N4O2/c1-15-4-7-18(8-5-15)26-14-20(25)24-19-9-6-17(13-23-19)22-12-16-3-2-10-21-11-16/h2-11,13,22H,12,14H2,1H3,(H,23,24,25). The van der Waals surface area contributed by atoms with Crippen LogP contribution in [0, 0.1) is 6.92 Å². The summed E-state index contributed by atoms with van der Waals surface area (Å²) < 4.78 is 5.45. The number of anilines is 2. The molecule has 2 heterocycles. The summed E-state index contributed by atoms with van der Waals surface area (Å²) in [5.74, 6) is 0.886. The van der Waals surface area contributed by atoms with Gasteiger partial charge < -0.3 is 15.4 Å². The van der Waals surface area contributed by atoms with Gasteiger partial charge in [-0.1, -0.05) is 23.8 Å². The van der Waals surface area contributed by atoms with E-state index in [1.807, 2.05) is 55.6 Å². The zero-order valence-electron chi connectivity index (χ0n) is 14.5. The summed E-state index contributed by atoms with van der Waals surface area (Å²) in [5, 5.41) is 5.96. The minimum Gasteiger partial charge on any atom is -0.484 e. The van der Waals surface area contributed by atoms with Crippen molar-refractivity contribution in [2.45, 2.75) is 13.5 Å². The summed E-state index contributed by atoms with van der Waals surface area (Å²) in [6.45, 7) is 2.59. The summed E-state index contributed by atoms with van der Waals surface area (Å²) in [7, 11) is 0. The van der Waals surface area contributed by atoms with Crippen molar-refractivity contribution in [1.82, 2.24) is 9.97 Å². The van der Waals surface area contributed by atoms with Crippen molar-refractivity contribution in [3.05, 3.63) is 78.2 Å². The Labute approximate surface area is 152 Å². The van der Waals surface area contributed by atoms with E-state index in [0.717, 1.165) is 16.8 Å². The molecule has 26 heavy (non-hydrogen) atoms. The summed E-state index contributed by atoms with van der Waals surface area (Å²) >= 11 is 0. The number of aryl methyl sites for hydroxylation is 1. The van der Waals surface area contributed by atoms with Crippen LogP contribution in [-0.2, 0) is 11.3 Å². The summed E-state index contributed by atoms with van der Waals surface area (Å²) in [4.78, 5) is 20.3. The van der Waals surface area contributed by atoms with Crippen LogP contribution in [0.4, 0.5) is 11.5 Å². The molecule has 0 bridgehead atoms. The topological polar surface area (TPSA) is 76.1 Å². The fraction of sp³-hybridized carbons (Fsp3) is 0.150. The van der Waals surface area contributed by atoms with Crippen LogP contribution in [0.15, 0.2) is 67.1 Å². The van der Waals surface area contributed by atoms with Gasteiger partial charge in [0, 0.05) is 18.9 Å².